The quantitative estimate of drug-likeness (QED) is 0.0877. The van der Waals surface area contributed by atoms with E-state index in [2.05, 4.69) is 15.2 Å². The van der Waals surface area contributed by atoms with Gasteiger partial charge in [0, 0.05) is 80.4 Å². The zero-order valence-corrected chi connectivity index (χ0v) is 31.6. The molecule has 0 aliphatic carbocycles. The van der Waals surface area contributed by atoms with Crippen molar-refractivity contribution in [2.75, 3.05) is 49.6 Å². The molecule has 3 heterocycles. The first-order valence-corrected chi connectivity index (χ1v) is 19.0. The van der Waals surface area contributed by atoms with Crippen molar-refractivity contribution in [3.8, 4) is 28.4 Å². The number of methoxy groups -OCH3 is 1. The zero-order valence-electron chi connectivity index (χ0n) is 30.9. The fourth-order valence-corrected chi connectivity index (χ4v) is 8.09. The molecule has 7 rings (SSSR count). The number of ether oxygens (including phenoxy) is 1. The number of nitrogens with zero attached hydrogens (tertiary/aromatic N) is 3. The van der Waals surface area contributed by atoms with Crippen LogP contribution < -0.4 is 25.4 Å². The minimum Gasteiger partial charge on any atom is -0.506 e. The highest BCUT2D eigenvalue weighted by Crippen LogP contribution is 2.38. The number of aromatic hydroxyl groups is 2. The summed E-state index contributed by atoms with van der Waals surface area (Å²) in [7, 11) is 1.58. The van der Waals surface area contributed by atoms with Gasteiger partial charge in [0.15, 0.2) is 0 Å². The first-order valence-electron chi connectivity index (χ1n) is 18.6. The van der Waals surface area contributed by atoms with E-state index in [-0.39, 0.29) is 46.1 Å². The van der Waals surface area contributed by atoms with Gasteiger partial charge < -0.3 is 45.3 Å². The molecule has 292 valence electrons. The van der Waals surface area contributed by atoms with Crippen LogP contribution in [-0.4, -0.2) is 88.2 Å². The van der Waals surface area contributed by atoms with Crippen LogP contribution in [0.4, 0.5) is 16.2 Å². The molecule has 6 N–H and O–H groups in total. The molecule has 14 heteroatoms. The number of halogens is 1. The Balaban J connectivity index is 0.941. The van der Waals surface area contributed by atoms with Gasteiger partial charge in [-0.2, -0.15) is 0 Å². The summed E-state index contributed by atoms with van der Waals surface area (Å²) < 4.78 is 5.73. The minimum absolute atomic E-state index is 0.0121. The van der Waals surface area contributed by atoms with Crippen LogP contribution >= 0.6 is 11.6 Å². The molecule has 1 fully saturated rings. The molecule has 1 atom stereocenters. The first-order chi connectivity index (χ1) is 27.0. The minimum atomic E-state index is -1.04. The number of aromatic nitrogens is 1. The number of para-hydroxylation sites is 1. The number of rotatable bonds is 12. The Hall–Kier alpha value is -5.60. The number of H-pyrrole nitrogens is 1. The lowest BCUT2D eigenvalue weighted by Gasteiger charge is -2.38. The predicted octanol–water partition coefficient (Wildman–Crippen LogP) is 6.02. The van der Waals surface area contributed by atoms with Gasteiger partial charge in [0.1, 0.15) is 17.2 Å². The van der Waals surface area contributed by atoms with Gasteiger partial charge in [-0.1, -0.05) is 41.9 Å². The van der Waals surface area contributed by atoms with Crippen LogP contribution in [0.25, 0.3) is 22.0 Å². The summed E-state index contributed by atoms with van der Waals surface area (Å²) in [6.07, 6.45) is 0.281. The van der Waals surface area contributed by atoms with Crippen molar-refractivity contribution in [1.82, 2.24) is 15.2 Å². The fraction of sp³-hybridized carbons (Fsp3) is 0.310. The highest BCUT2D eigenvalue weighted by atomic mass is 35.5. The Kier molecular flexibility index (Phi) is 11.5. The molecule has 0 bridgehead atoms. The molecule has 1 saturated heterocycles. The number of benzene rings is 4. The number of carboxylic acid groups (broad SMARTS) is 1. The third-order valence-electron chi connectivity index (χ3n) is 10.8. The molecule has 0 unspecified atom stereocenters. The lowest BCUT2D eigenvalue weighted by molar-refractivity contribution is -0.118. The maximum absolute atomic E-state index is 13.6. The molecule has 0 spiro atoms. The number of aliphatic hydroxyl groups is 1. The number of amides is 2. The van der Waals surface area contributed by atoms with E-state index in [1.165, 1.54) is 23.1 Å². The van der Waals surface area contributed by atoms with Crippen LogP contribution in [0.15, 0.2) is 83.7 Å². The molecule has 56 heavy (non-hydrogen) atoms. The van der Waals surface area contributed by atoms with Gasteiger partial charge in [-0.3, -0.25) is 14.5 Å². The molecule has 2 aliphatic rings. The summed E-state index contributed by atoms with van der Waals surface area (Å²) in [5.41, 5.74) is 5.21. The Morgan fingerprint density at radius 3 is 2.52 bits per heavy atom. The van der Waals surface area contributed by atoms with Crippen LogP contribution in [-0.2, 0) is 17.8 Å². The normalized spacial score (nSPS) is 15.2. The lowest BCUT2D eigenvalue weighted by atomic mass is 9.98. The van der Waals surface area contributed by atoms with Crippen molar-refractivity contribution in [2.24, 2.45) is 0 Å². The number of aromatic amines is 1. The number of aliphatic hydroxyl groups excluding tert-OH is 1. The average Bonchev–Trinajstić information content (AvgIpc) is 3.61. The summed E-state index contributed by atoms with van der Waals surface area (Å²) in [5.74, 6) is 0.523. The van der Waals surface area contributed by atoms with E-state index in [4.69, 9.17) is 16.3 Å². The van der Waals surface area contributed by atoms with Gasteiger partial charge in [0.2, 0.25) is 11.5 Å². The summed E-state index contributed by atoms with van der Waals surface area (Å²) in [5, 5.41) is 45.5. The Morgan fingerprint density at radius 2 is 1.77 bits per heavy atom. The van der Waals surface area contributed by atoms with Gasteiger partial charge in [-0.15, -0.1) is 0 Å². The zero-order chi connectivity index (χ0) is 39.5. The van der Waals surface area contributed by atoms with Gasteiger partial charge in [-0.05, 0) is 72.4 Å². The van der Waals surface area contributed by atoms with Crippen LogP contribution in [0.2, 0.25) is 5.02 Å². The topological polar surface area (TPSA) is 179 Å². The summed E-state index contributed by atoms with van der Waals surface area (Å²) in [6, 6.07) is 21.8. The van der Waals surface area contributed by atoms with E-state index in [1.807, 2.05) is 35.2 Å². The van der Waals surface area contributed by atoms with E-state index in [9.17, 15) is 34.8 Å². The lowest BCUT2D eigenvalue weighted by Crippen LogP contribution is -2.48. The van der Waals surface area contributed by atoms with E-state index in [1.54, 1.807) is 37.4 Å². The molecule has 0 radical (unpaired) electrons. The number of hydrogen-bond donors (Lipinski definition) is 6. The van der Waals surface area contributed by atoms with Crippen molar-refractivity contribution < 1.29 is 34.8 Å². The molecule has 2 aliphatic heterocycles. The number of nitrogens with one attached hydrogen (secondary N) is 2. The predicted molar refractivity (Wildman–Crippen MR) is 215 cm³/mol. The second-order valence-electron chi connectivity index (χ2n) is 14.2. The number of hydrogen-bond acceptors (Lipinski definition) is 9. The number of fused-ring (bicyclic) bond motifs is 2. The van der Waals surface area contributed by atoms with Crippen molar-refractivity contribution >= 4 is 45.9 Å². The first kappa shape index (κ1) is 38.7. The summed E-state index contributed by atoms with van der Waals surface area (Å²) in [6.45, 7) is 3.02. The average molecular weight is 782 g/mol. The standard InChI is InChI=1S/C42H44ClN5O8/c1-56-38-22-34-26(20-27(38)23-44-24-37(51)30-7-10-36(50)41-31(30)8-11-39(52)45-41)12-19-47(34)40(53)15-18-46-16-13-28(14-17-46)48(42(54)55)33-5-3-2-4-29(33)25-6-9-35(49)32(43)21-25/h2-11,20-22,28,37,44,49-51H,12-19,23-24H2,1H3,(H,45,52)(H,54,55)/t37-/m0/s1. The fourth-order valence-electron chi connectivity index (χ4n) is 7.91. The molecular weight excluding hydrogens is 738 g/mol. The van der Waals surface area contributed by atoms with Crippen molar-refractivity contribution in [2.45, 2.75) is 44.4 Å². The number of anilines is 2. The number of pyridine rings is 1. The van der Waals surface area contributed by atoms with Crippen LogP contribution in [0.5, 0.6) is 17.2 Å². The van der Waals surface area contributed by atoms with Crippen molar-refractivity contribution in [1.29, 1.82) is 0 Å². The molecule has 13 nitrogen and oxygen atoms in total. The van der Waals surface area contributed by atoms with Crippen LogP contribution in [0.1, 0.15) is 42.1 Å². The molecule has 2 amide bonds. The van der Waals surface area contributed by atoms with E-state index >= 15 is 0 Å². The maximum atomic E-state index is 13.6. The second kappa shape index (κ2) is 16.6. The second-order valence-corrected chi connectivity index (χ2v) is 14.6. The van der Waals surface area contributed by atoms with E-state index < -0.39 is 12.2 Å². The van der Waals surface area contributed by atoms with Crippen LogP contribution in [0.3, 0.4) is 0 Å². The van der Waals surface area contributed by atoms with Crippen molar-refractivity contribution in [3.63, 3.8) is 0 Å². The van der Waals surface area contributed by atoms with Crippen LogP contribution in [0, 0.1) is 0 Å². The Morgan fingerprint density at radius 1 is 1.00 bits per heavy atom. The van der Waals surface area contributed by atoms with Gasteiger partial charge in [-0.25, -0.2) is 4.79 Å². The van der Waals surface area contributed by atoms with Gasteiger partial charge in [0.25, 0.3) is 0 Å². The Bertz CT molecular complexity index is 2330. The number of carbonyl (C=O) groups excluding carboxylic acids is 1. The molecule has 5 aromatic rings. The van der Waals surface area contributed by atoms with Gasteiger partial charge in [0.05, 0.1) is 35.1 Å². The third-order valence-corrected chi connectivity index (χ3v) is 11.1. The molecule has 4 aromatic carbocycles. The third kappa shape index (κ3) is 8.03. The SMILES string of the molecule is COc1cc2c(cc1CNC[C@H](O)c1ccc(O)c3[nH]c(=O)ccc13)CCN2C(=O)CCN1CCC(N(C(=O)O)c2ccccc2-c2ccc(O)c(Cl)c2)CC1. The van der Waals surface area contributed by atoms with Crippen molar-refractivity contribution in [3.05, 3.63) is 111 Å². The summed E-state index contributed by atoms with van der Waals surface area (Å²) >= 11 is 6.18. The maximum Gasteiger partial charge on any atom is 0.412 e. The highest BCUT2D eigenvalue weighted by molar-refractivity contribution is 6.32. The molecule has 0 saturated carbocycles. The smallest absolute Gasteiger partial charge is 0.412 e. The number of carbonyl (C=O) groups is 2. The van der Waals surface area contributed by atoms with Gasteiger partial charge >= 0.3 is 6.09 Å². The summed E-state index contributed by atoms with van der Waals surface area (Å²) in [4.78, 5) is 46.1. The number of phenols is 2. The number of piperidine rings is 1. The van der Waals surface area contributed by atoms with E-state index in [0.29, 0.717) is 91.9 Å². The monoisotopic (exact) mass is 781 g/mol. The number of likely N-dealkylation sites (tertiary alicyclic amines) is 1. The molecule has 1 aromatic heterocycles. The van der Waals surface area contributed by atoms with E-state index in [0.717, 1.165) is 16.8 Å². The molecular formula is C42H44ClN5O8. The Labute approximate surface area is 328 Å². The highest BCUT2D eigenvalue weighted by Gasteiger charge is 2.32. The number of phenolic OH excluding ortho intramolecular Hbond substituents is 2. The largest absolute Gasteiger partial charge is 0.506 e.